The summed E-state index contributed by atoms with van der Waals surface area (Å²) in [4.78, 5) is 28.7. The number of anilines is 3. The maximum atomic E-state index is 13.2. The SMILES string of the molecule is O=C(Nc1ccc(Oc2cccc(C(=O)Nc3cccnc3)c2)cc1)Nc1ccc(Cl)cc1C(F)(F)F. The Morgan fingerprint density at radius 1 is 0.811 bits per heavy atom. The van der Waals surface area contributed by atoms with Gasteiger partial charge in [-0.1, -0.05) is 17.7 Å². The fourth-order valence-electron chi connectivity index (χ4n) is 3.23. The molecule has 0 aliphatic carbocycles. The van der Waals surface area contributed by atoms with Gasteiger partial charge in [-0.2, -0.15) is 13.2 Å². The minimum absolute atomic E-state index is 0.103. The van der Waals surface area contributed by atoms with Crippen molar-refractivity contribution in [3.8, 4) is 11.5 Å². The number of amides is 3. The summed E-state index contributed by atoms with van der Waals surface area (Å²) >= 11 is 5.66. The summed E-state index contributed by atoms with van der Waals surface area (Å²) < 4.78 is 45.5. The lowest BCUT2D eigenvalue weighted by atomic mass is 10.1. The third kappa shape index (κ3) is 6.98. The van der Waals surface area contributed by atoms with Gasteiger partial charge in [0.1, 0.15) is 11.5 Å². The van der Waals surface area contributed by atoms with Gasteiger partial charge < -0.3 is 20.7 Å². The second kappa shape index (κ2) is 11.0. The maximum absolute atomic E-state index is 13.2. The Hall–Kier alpha value is -4.57. The molecule has 1 aromatic heterocycles. The first-order valence-electron chi connectivity index (χ1n) is 10.7. The number of pyridine rings is 1. The van der Waals surface area contributed by atoms with Crippen molar-refractivity contribution in [1.82, 2.24) is 4.98 Å². The number of nitrogens with one attached hydrogen (secondary N) is 3. The summed E-state index contributed by atoms with van der Waals surface area (Å²) in [6.45, 7) is 0. The van der Waals surface area contributed by atoms with Gasteiger partial charge in [0.2, 0.25) is 0 Å². The Kier molecular flexibility index (Phi) is 7.59. The van der Waals surface area contributed by atoms with Crippen LogP contribution < -0.4 is 20.7 Å². The van der Waals surface area contributed by atoms with Crippen LogP contribution in [0.4, 0.5) is 35.0 Å². The van der Waals surface area contributed by atoms with E-state index in [1.807, 2.05) is 0 Å². The van der Waals surface area contributed by atoms with Gasteiger partial charge in [-0.3, -0.25) is 9.78 Å². The number of carbonyl (C=O) groups excluding carboxylic acids is 2. The van der Waals surface area contributed by atoms with E-state index in [1.165, 1.54) is 24.4 Å². The highest BCUT2D eigenvalue weighted by Gasteiger charge is 2.34. The van der Waals surface area contributed by atoms with Crippen LogP contribution in [0, 0.1) is 0 Å². The smallest absolute Gasteiger partial charge is 0.418 e. The van der Waals surface area contributed by atoms with Crippen molar-refractivity contribution >= 4 is 40.6 Å². The molecule has 3 N–H and O–H groups in total. The van der Waals surface area contributed by atoms with Crippen molar-refractivity contribution in [2.24, 2.45) is 0 Å². The molecule has 7 nitrogen and oxygen atoms in total. The lowest BCUT2D eigenvalue weighted by Gasteiger charge is -2.15. The number of aromatic nitrogens is 1. The Balaban J connectivity index is 1.37. The van der Waals surface area contributed by atoms with Crippen molar-refractivity contribution in [2.75, 3.05) is 16.0 Å². The normalized spacial score (nSPS) is 10.9. The average Bonchev–Trinajstić information content (AvgIpc) is 2.86. The van der Waals surface area contributed by atoms with Gasteiger partial charge in [0, 0.05) is 22.5 Å². The lowest BCUT2D eigenvalue weighted by molar-refractivity contribution is -0.136. The highest BCUT2D eigenvalue weighted by Crippen LogP contribution is 2.36. The fraction of sp³-hybridized carbons (Fsp3) is 0.0385. The van der Waals surface area contributed by atoms with E-state index in [0.29, 0.717) is 28.4 Å². The molecule has 3 aromatic carbocycles. The second-order valence-electron chi connectivity index (χ2n) is 7.62. The van der Waals surface area contributed by atoms with Gasteiger partial charge in [-0.25, -0.2) is 4.79 Å². The van der Waals surface area contributed by atoms with Crippen molar-refractivity contribution < 1.29 is 27.5 Å². The van der Waals surface area contributed by atoms with Crippen molar-refractivity contribution in [2.45, 2.75) is 6.18 Å². The monoisotopic (exact) mass is 526 g/mol. The number of carbonyl (C=O) groups is 2. The Bertz CT molecular complexity index is 1420. The van der Waals surface area contributed by atoms with E-state index in [0.717, 1.165) is 12.1 Å². The fourth-order valence-corrected chi connectivity index (χ4v) is 3.40. The summed E-state index contributed by atoms with van der Waals surface area (Å²) in [5.41, 5.74) is -0.248. The van der Waals surface area contributed by atoms with Crippen molar-refractivity contribution in [3.05, 3.63) is 107 Å². The summed E-state index contributed by atoms with van der Waals surface area (Å²) in [5.74, 6) is 0.478. The molecule has 0 atom stereocenters. The molecule has 1 heterocycles. The van der Waals surface area contributed by atoms with Crippen molar-refractivity contribution in [3.63, 3.8) is 0 Å². The molecule has 0 aliphatic heterocycles. The number of halogens is 4. The quantitative estimate of drug-likeness (QED) is 0.243. The minimum Gasteiger partial charge on any atom is -0.457 e. The third-order valence-electron chi connectivity index (χ3n) is 4.90. The van der Waals surface area contributed by atoms with Gasteiger partial charge in [0.25, 0.3) is 5.91 Å². The molecular formula is C26H18ClF3N4O3. The molecule has 11 heteroatoms. The van der Waals surface area contributed by atoms with E-state index in [4.69, 9.17) is 16.3 Å². The molecule has 0 aliphatic rings. The molecule has 4 aromatic rings. The summed E-state index contributed by atoms with van der Waals surface area (Å²) in [6.07, 6.45) is -1.57. The van der Waals surface area contributed by atoms with E-state index < -0.39 is 23.5 Å². The van der Waals surface area contributed by atoms with Gasteiger partial charge in [0.05, 0.1) is 23.1 Å². The molecular weight excluding hydrogens is 509 g/mol. The maximum Gasteiger partial charge on any atom is 0.418 e. The van der Waals surface area contributed by atoms with Gasteiger partial charge in [-0.05, 0) is 72.8 Å². The number of alkyl halides is 3. The van der Waals surface area contributed by atoms with Gasteiger partial charge in [-0.15, -0.1) is 0 Å². The number of urea groups is 1. The zero-order valence-corrected chi connectivity index (χ0v) is 19.6. The molecule has 0 radical (unpaired) electrons. The zero-order chi connectivity index (χ0) is 26.4. The summed E-state index contributed by atoms with van der Waals surface area (Å²) in [5, 5.41) is 7.27. The highest BCUT2D eigenvalue weighted by atomic mass is 35.5. The van der Waals surface area contributed by atoms with Crippen LogP contribution in [0.15, 0.2) is 91.3 Å². The Labute approximate surface area is 214 Å². The molecule has 0 saturated heterocycles. The molecule has 0 unspecified atom stereocenters. The second-order valence-corrected chi connectivity index (χ2v) is 8.05. The molecule has 0 fully saturated rings. The van der Waals surface area contributed by atoms with Crippen LogP contribution >= 0.6 is 11.6 Å². The number of hydrogen-bond donors (Lipinski definition) is 3. The Morgan fingerprint density at radius 2 is 1.59 bits per heavy atom. The van der Waals surface area contributed by atoms with Crippen molar-refractivity contribution in [1.29, 1.82) is 0 Å². The van der Waals surface area contributed by atoms with Crippen LogP contribution in [0.1, 0.15) is 15.9 Å². The molecule has 0 saturated carbocycles. The van der Waals surface area contributed by atoms with Crippen LogP contribution in [-0.2, 0) is 6.18 Å². The lowest BCUT2D eigenvalue weighted by Crippen LogP contribution is -2.21. The number of benzene rings is 3. The van der Waals surface area contributed by atoms with Crippen LogP contribution in [0.3, 0.4) is 0 Å². The van der Waals surface area contributed by atoms with E-state index in [-0.39, 0.29) is 10.9 Å². The summed E-state index contributed by atoms with van der Waals surface area (Å²) in [7, 11) is 0. The minimum atomic E-state index is -4.69. The van der Waals surface area contributed by atoms with Crippen LogP contribution in [0.5, 0.6) is 11.5 Å². The molecule has 188 valence electrons. The standard InChI is InChI=1S/C26H18ClF3N4O3/c27-17-6-11-23(22(14-17)26(28,29)30)34-25(36)33-18-7-9-20(10-8-18)37-21-5-1-3-16(13-21)24(35)32-19-4-2-12-31-15-19/h1-15H,(H,32,35)(H2,33,34,36). The number of ether oxygens (including phenoxy) is 1. The predicted octanol–water partition coefficient (Wildman–Crippen LogP) is 7.44. The first-order chi connectivity index (χ1) is 17.7. The molecule has 37 heavy (non-hydrogen) atoms. The van der Waals surface area contributed by atoms with E-state index >= 15 is 0 Å². The Morgan fingerprint density at radius 3 is 2.30 bits per heavy atom. The average molecular weight is 527 g/mol. The largest absolute Gasteiger partial charge is 0.457 e. The topological polar surface area (TPSA) is 92.3 Å². The first kappa shape index (κ1) is 25.5. The molecule has 3 amide bonds. The number of hydrogen-bond acceptors (Lipinski definition) is 4. The summed E-state index contributed by atoms with van der Waals surface area (Å²) in [6, 6.07) is 18.3. The van der Waals surface area contributed by atoms with E-state index in [1.54, 1.807) is 54.7 Å². The molecule has 4 rings (SSSR count). The number of rotatable bonds is 6. The van der Waals surface area contributed by atoms with Crippen LogP contribution in [-0.4, -0.2) is 16.9 Å². The first-order valence-corrected chi connectivity index (χ1v) is 11.1. The third-order valence-corrected chi connectivity index (χ3v) is 5.13. The highest BCUT2D eigenvalue weighted by molar-refractivity contribution is 6.30. The zero-order valence-electron chi connectivity index (χ0n) is 18.8. The molecule has 0 spiro atoms. The number of nitrogens with zero attached hydrogens (tertiary/aromatic N) is 1. The molecule has 0 bridgehead atoms. The predicted molar refractivity (Wildman–Crippen MR) is 134 cm³/mol. The van der Waals surface area contributed by atoms with Crippen LogP contribution in [0.25, 0.3) is 0 Å². The van der Waals surface area contributed by atoms with Gasteiger partial charge in [0.15, 0.2) is 0 Å². The van der Waals surface area contributed by atoms with Gasteiger partial charge >= 0.3 is 12.2 Å². The van der Waals surface area contributed by atoms with Crippen LogP contribution in [0.2, 0.25) is 5.02 Å². The van der Waals surface area contributed by atoms with E-state index in [2.05, 4.69) is 20.9 Å². The van der Waals surface area contributed by atoms with E-state index in [9.17, 15) is 22.8 Å².